The van der Waals surface area contributed by atoms with Gasteiger partial charge in [-0.3, -0.25) is 14.9 Å². The monoisotopic (exact) mass is 307 g/mol. The van der Waals surface area contributed by atoms with E-state index in [0.717, 1.165) is 5.56 Å². The maximum Gasteiger partial charge on any atom is 0.258 e. The van der Waals surface area contributed by atoms with Gasteiger partial charge in [0.25, 0.3) is 11.8 Å². The number of ether oxygens (including phenoxy) is 2. The highest BCUT2D eigenvalue weighted by atomic mass is 16.6. The molecule has 2 aliphatic rings. The van der Waals surface area contributed by atoms with Crippen LogP contribution in [-0.4, -0.2) is 25.0 Å². The van der Waals surface area contributed by atoms with Crippen molar-refractivity contribution in [3.63, 3.8) is 0 Å². The van der Waals surface area contributed by atoms with E-state index in [1.54, 1.807) is 24.3 Å². The van der Waals surface area contributed by atoms with Crippen LogP contribution in [0.3, 0.4) is 0 Å². The topological polar surface area (TPSA) is 64.6 Å². The maximum atomic E-state index is 12.2. The lowest BCUT2D eigenvalue weighted by Crippen LogP contribution is -2.36. The molecule has 2 amide bonds. The minimum Gasteiger partial charge on any atom is -0.486 e. The van der Waals surface area contributed by atoms with Crippen LogP contribution in [0.5, 0.6) is 11.5 Å². The Labute approximate surface area is 132 Å². The second-order valence-electron chi connectivity index (χ2n) is 5.29. The zero-order valence-corrected chi connectivity index (χ0v) is 12.2. The average Bonchev–Trinajstić information content (AvgIpc) is 2.58. The number of carbonyl (C=O) groups is 2. The van der Waals surface area contributed by atoms with Crippen LogP contribution < -0.4 is 14.8 Å². The van der Waals surface area contributed by atoms with Gasteiger partial charge in [-0.05, 0) is 35.4 Å². The number of benzene rings is 2. The molecule has 0 saturated heterocycles. The number of fused-ring (bicyclic) bond motifs is 2. The van der Waals surface area contributed by atoms with E-state index in [-0.39, 0.29) is 5.91 Å². The minimum absolute atomic E-state index is 0.370. The van der Waals surface area contributed by atoms with Crippen LogP contribution in [0, 0.1) is 0 Å². The molecule has 0 saturated carbocycles. The van der Waals surface area contributed by atoms with Gasteiger partial charge in [-0.15, -0.1) is 0 Å². The molecule has 0 aromatic heterocycles. The molecular weight excluding hydrogens is 294 g/mol. The highest BCUT2D eigenvalue weighted by Crippen LogP contribution is 2.33. The Balaban J connectivity index is 1.80. The third-order valence-corrected chi connectivity index (χ3v) is 3.81. The molecule has 0 unspecified atom stereocenters. The van der Waals surface area contributed by atoms with Gasteiger partial charge in [-0.2, -0.15) is 0 Å². The van der Waals surface area contributed by atoms with E-state index in [1.165, 1.54) is 0 Å². The van der Waals surface area contributed by atoms with Crippen molar-refractivity contribution in [3.05, 3.63) is 59.2 Å². The second kappa shape index (κ2) is 5.28. The van der Waals surface area contributed by atoms with Crippen molar-refractivity contribution in [1.82, 2.24) is 5.32 Å². The predicted octanol–water partition coefficient (Wildman–Crippen LogP) is 2.27. The summed E-state index contributed by atoms with van der Waals surface area (Å²) in [4.78, 5) is 24.1. The van der Waals surface area contributed by atoms with Crippen LogP contribution in [0.2, 0.25) is 0 Å². The van der Waals surface area contributed by atoms with Crippen molar-refractivity contribution >= 4 is 23.5 Å². The summed E-state index contributed by atoms with van der Waals surface area (Å²) in [6, 6.07) is 12.6. The SMILES string of the molecule is O=C1NC(=O)c2ccccc2/C1=C/c1ccc2c(c1)OCCO2. The zero-order chi connectivity index (χ0) is 15.8. The van der Waals surface area contributed by atoms with Crippen molar-refractivity contribution in [3.8, 4) is 11.5 Å². The zero-order valence-electron chi connectivity index (χ0n) is 12.2. The molecule has 5 heteroatoms. The highest BCUT2D eigenvalue weighted by Gasteiger charge is 2.26. The van der Waals surface area contributed by atoms with E-state index in [4.69, 9.17) is 9.47 Å². The van der Waals surface area contributed by atoms with Gasteiger partial charge in [0, 0.05) is 11.1 Å². The molecular formula is C18H13NO4. The fourth-order valence-corrected chi connectivity index (χ4v) is 2.74. The lowest BCUT2D eigenvalue weighted by molar-refractivity contribution is -0.114. The molecule has 5 nitrogen and oxygen atoms in total. The first-order valence-corrected chi connectivity index (χ1v) is 7.29. The minimum atomic E-state index is -0.399. The molecule has 0 bridgehead atoms. The van der Waals surface area contributed by atoms with Gasteiger partial charge < -0.3 is 9.47 Å². The Hall–Kier alpha value is -3.08. The summed E-state index contributed by atoms with van der Waals surface area (Å²) in [7, 11) is 0. The molecule has 0 atom stereocenters. The van der Waals surface area contributed by atoms with Crippen molar-refractivity contribution in [2.24, 2.45) is 0 Å². The summed E-state index contributed by atoms with van der Waals surface area (Å²) >= 11 is 0. The molecule has 2 heterocycles. The van der Waals surface area contributed by atoms with Crippen LogP contribution in [0.4, 0.5) is 0 Å². The molecule has 114 valence electrons. The Morgan fingerprint density at radius 1 is 0.870 bits per heavy atom. The molecule has 23 heavy (non-hydrogen) atoms. The number of imide groups is 1. The number of hydrogen-bond acceptors (Lipinski definition) is 4. The van der Waals surface area contributed by atoms with Crippen LogP contribution in [0.25, 0.3) is 11.6 Å². The molecule has 0 fully saturated rings. The number of carbonyl (C=O) groups excluding carboxylic acids is 2. The predicted molar refractivity (Wildman–Crippen MR) is 84.2 cm³/mol. The van der Waals surface area contributed by atoms with Gasteiger partial charge in [0.2, 0.25) is 0 Å². The molecule has 0 aliphatic carbocycles. The highest BCUT2D eigenvalue weighted by molar-refractivity contribution is 6.33. The molecule has 0 spiro atoms. The summed E-state index contributed by atoms with van der Waals surface area (Å²) in [5, 5.41) is 2.37. The average molecular weight is 307 g/mol. The first-order valence-electron chi connectivity index (χ1n) is 7.29. The van der Waals surface area contributed by atoms with Gasteiger partial charge in [-0.25, -0.2) is 0 Å². The van der Waals surface area contributed by atoms with Crippen molar-refractivity contribution in [1.29, 1.82) is 0 Å². The maximum absolute atomic E-state index is 12.2. The third-order valence-electron chi connectivity index (χ3n) is 3.81. The first-order chi connectivity index (χ1) is 11.2. The third kappa shape index (κ3) is 2.36. The standard InChI is InChI=1S/C18H13NO4/c20-17-13-4-2-1-3-12(13)14(18(21)19-17)9-11-5-6-15-16(10-11)23-8-7-22-15/h1-6,9-10H,7-8H2,(H,19,20,21)/b14-9-. The van der Waals surface area contributed by atoms with E-state index >= 15 is 0 Å². The number of amides is 2. The first kappa shape index (κ1) is 13.6. The number of rotatable bonds is 1. The Bertz CT molecular complexity index is 854. The fourth-order valence-electron chi connectivity index (χ4n) is 2.74. The van der Waals surface area contributed by atoms with Crippen molar-refractivity contribution in [2.75, 3.05) is 13.2 Å². The number of nitrogens with one attached hydrogen (secondary N) is 1. The van der Waals surface area contributed by atoms with Crippen LogP contribution >= 0.6 is 0 Å². The fraction of sp³-hybridized carbons (Fsp3) is 0.111. The summed E-state index contributed by atoms with van der Waals surface area (Å²) in [6.07, 6.45) is 1.75. The van der Waals surface area contributed by atoms with E-state index < -0.39 is 5.91 Å². The van der Waals surface area contributed by atoms with Crippen molar-refractivity contribution in [2.45, 2.75) is 0 Å². The summed E-state index contributed by atoms with van der Waals surface area (Å²) < 4.78 is 11.0. The lowest BCUT2D eigenvalue weighted by atomic mass is 9.93. The van der Waals surface area contributed by atoms with E-state index in [1.807, 2.05) is 24.3 Å². The normalized spacial score (nSPS) is 17.7. The smallest absolute Gasteiger partial charge is 0.258 e. The molecule has 2 aliphatic heterocycles. The Morgan fingerprint density at radius 3 is 2.43 bits per heavy atom. The second-order valence-corrected chi connectivity index (χ2v) is 5.29. The van der Waals surface area contributed by atoms with Crippen LogP contribution in [0.1, 0.15) is 21.5 Å². The molecule has 1 N–H and O–H groups in total. The van der Waals surface area contributed by atoms with Gasteiger partial charge in [0.1, 0.15) is 13.2 Å². The van der Waals surface area contributed by atoms with E-state index in [2.05, 4.69) is 5.32 Å². The van der Waals surface area contributed by atoms with Gasteiger partial charge in [0.05, 0.1) is 0 Å². The quantitative estimate of drug-likeness (QED) is 0.648. The van der Waals surface area contributed by atoms with E-state index in [9.17, 15) is 9.59 Å². The molecule has 4 rings (SSSR count). The molecule has 2 aromatic rings. The summed E-state index contributed by atoms with van der Waals surface area (Å²) in [5.74, 6) is 0.585. The lowest BCUT2D eigenvalue weighted by Gasteiger charge is -2.20. The van der Waals surface area contributed by atoms with Crippen LogP contribution in [-0.2, 0) is 4.79 Å². The molecule has 0 radical (unpaired) electrons. The Kier molecular flexibility index (Phi) is 3.12. The summed E-state index contributed by atoms with van der Waals surface area (Å²) in [5.41, 5.74) is 2.40. The van der Waals surface area contributed by atoms with Crippen molar-refractivity contribution < 1.29 is 19.1 Å². The van der Waals surface area contributed by atoms with E-state index in [0.29, 0.717) is 41.4 Å². The largest absolute Gasteiger partial charge is 0.486 e. The Morgan fingerprint density at radius 2 is 1.61 bits per heavy atom. The van der Waals surface area contributed by atoms with Gasteiger partial charge in [0.15, 0.2) is 11.5 Å². The molecule has 2 aromatic carbocycles. The van der Waals surface area contributed by atoms with Gasteiger partial charge in [-0.1, -0.05) is 24.3 Å². The number of hydrogen-bond donors (Lipinski definition) is 1. The van der Waals surface area contributed by atoms with Gasteiger partial charge >= 0.3 is 0 Å². The summed E-state index contributed by atoms with van der Waals surface area (Å²) in [6.45, 7) is 1.04. The van der Waals surface area contributed by atoms with Crippen LogP contribution in [0.15, 0.2) is 42.5 Å².